The molecule has 1 aliphatic rings. The zero-order chi connectivity index (χ0) is 15.5. The molecule has 1 fully saturated rings. The van der Waals surface area contributed by atoms with Gasteiger partial charge in [0.1, 0.15) is 11.8 Å². The highest BCUT2D eigenvalue weighted by molar-refractivity contribution is 5.83. The molecule has 1 aromatic rings. The standard InChI is InChI=1S/C15H16N2O4/c1-10(21-12-5-3-2-4-11(12)8-16)13(18)17-9-15(6-7-15)14(19)20/h2-5,10H,6-7,9H2,1H3,(H,17,18)(H,19,20). The smallest absolute Gasteiger partial charge is 0.311 e. The number of hydrogen-bond donors (Lipinski definition) is 2. The van der Waals surface area contributed by atoms with Gasteiger partial charge in [-0.25, -0.2) is 0 Å². The van der Waals surface area contributed by atoms with Crippen molar-refractivity contribution >= 4 is 11.9 Å². The van der Waals surface area contributed by atoms with E-state index in [1.165, 1.54) is 0 Å². The van der Waals surface area contributed by atoms with Crippen LogP contribution in [-0.4, -0.2) is 29.6 Å². The number of ether oxygens (including phenoxy) is 1. The number of amides is 1. The zero-order valence-corrected chi connectivity index (χ0v) is 11.6. The molecule has 2 N–H and O–H groups in total. The molecule has 21 heavy (non-hydrogen) atoms. The highest BCUT2D eigenvalue weighted by Crippen LogP contribution is 2.45. The van der Waals surface area contributed by atoms with Gasteiger partial charge in [0.15, 0.2) is 6.10 Å². The number of rotatable bonds is 6. The van der Waals surface area contributed by atoms with Crippen LogP contribution in [0.1, 0.15) is 25.3 Å². The van der Waals surface area contributed by atoms with E-state index in [2.05, 4.69) is 5.32 Å². The minimum atomic E-state index is -0.883. The van der Waals surface area contributed by atoms with E-state index in [1.54, 1.807) is 31.2 Å². The molecule has 0 saturated heterocycles. The molecule has 6 heteroatoms. The number of carboxylic acid groups (broad SMARTS) is 1. The molecule has 6 nitrogen and oxygen atoms in total. The Kier molecular flexibility index (Phi) is 4.13. The van der Waals surface area contributed by atoms with Crippen LogP contribution in [-0.2, 0) is 9.59 Å². The summed E-state index contributed by atoms with van der Waals surface area (Å²) >= 11 is 0. The minimum Gasteiger partial charge on any atom is -0.481 e. The molecule has 0 bridgehead atoms. The lowest BCUT2D eigenvalue weighted by Gasteiger charge is -2.17. The predicted octanol–water partition coefficient (Wildman–Crippen LogP) is 1.31. The summed E-state index contributed by atoms with van der Waals surface area (Å²) in [6, 6.07) is 8.62. The number of nitrogens with one attached hydrogen (secondary N) is 1. The van der Waals surface area contributed by atoms with Crippen LogP contribution < -0.4 is 10.1 Å². The number of aliphatic carboxylic acids is 1. The SMILES string of the molecule is CC(Oc1ccccc1C#N)C(=O)NCC1(C(=O)O)CC1. The van der Waals surface area contributed by atoms with Gasteiger partial charge in [-0.3, -0.25) is 9.59 Å². The van der Waals surface area contributed by atoms with Crippen molar-refractivity contribution in [3.05, 3.63) is 29.8 Å². The van der Waals surface area contributed by atoms with E-state index in [9.17, 15) is 9.59 Å². The van der Waals surface area contributed by atoms with Gasteiger partial charge in [0.05, 0.1) is 11.0 Å². The second-order valence-electron chi connectivity index (χ2n) is 5.17. The molecule has 1 saturated carbocycles. The lowest BCUT2D eigenvalue weighted by molar-refractivity contribution is -0.143. The van der Waals surface area contributed by atoms with Crippen molar-refractivity contribution in [2.45, 2.75) is 25.9 Å². The second kappa shape index (κ2) is 5.83. The van der Waals surface area contributed by atoms with Gasteiger partial charge in [-0.05, 0) is 31.9 Å². The molecule has 1 atom stereocenters. The number of carbonyl (C=O) groups is 2. The van der Waals surface area contributed by atoms with Crippen LogP contribution in [0.25, 0.3) is 0 Å². The molecule has 1 unspecified atom stereocenters. The average molecular weight is 288 g/mol. The first-order valence-corrected chi connectivity index (χ1v) is 6.65. The van der Waals surface area contributed by atoms with Crippen LogP contribution in [0.3, 0.4) is 0 Å². The van der Waals surface area contributed by atoms with Crippen LogP contribution in [0, 0.1) is 16.7 Å². The maximum Gasteiger partial charge on any atom is 0.311 e. The lowest BCUT2D eigenvalue weighted by Crippen LogP contribution is -2.41. The van der Waals surface area contributed by atoms with E-state index in [4.69, 9.17) is 15.1 Å². The first-order chi connectivity index (χ1) is 9.98. The van der Waals surface area contributed by atoms with Gasteiger partial charge in [-0.15, -0.1) is 0 Å². The quantitative estimate of drug-likeness (QED) is 0.822. The Hall–Kier alpha value is -2.55. The van der Waals surface area contributed by atoms with Crippen molar-refractivity contribution in [1.82, 2.24) is 5.32 Å². The molecular weight excluding hydrogens is 272 g/mol. The topological polar surface area (TPSA) is 99.4 Å². The number of benzene rings is 1. The molecule has 2 rings (SSSR count). The fourth-order valence-corrected chi connectivity index (χ4v) is 1.92. The minimum absolute atomic E-state index is 0.106. The third-order valence-corrected chi connectivity index (χ3v) is 3.59. The van der Waals surface area contributed by atoms with E-state index in [-0.39, 0.29) is 6.54 Å². The van der Waals surface area contributed by atoms with E-state index >= 15 is 0 Å². The Morgan fingerprint density at radius 2 is 2.14 bits per heavy atom. The molecule has 1 aromatic carbocycles. The highest BCUT2D eigenvalue weighted by atomic mass is 16.5. The summed E-state index contributed by atoms with van der Waals surface area (Å²) in [6.07, 6.45) is 0.355. The number of nitrogens with zero attached hydrogens (tertiary/aromatic N) is 1. The van der Waals surface area contributed by atoms with Crippen molar-refractivity contribution in [3.8, 4) is 11.8 Å². The Bertz CT molecular complexity index is 602. The molecule has 0 aliphatic heterocycles. The summed E-state index contributed by atoms with van der Waals surface area (Å²) < 4.78 is 5.46. The van der Waals surface area contributed by atoms with Gasteiger partial charge < -0.3 is 15.2 Å². The van der Waals surface area contributed by atoms with Crippen molar-refractivity contribution < 1.29 is 19.4 Å². The number of carbonyl (C=O) groups excluding carboxylic acids is 1. The van der Waals surface area contributed by atoms with Crippen molar-refractivity contribution in [1.29, 1.82) is 5.26 Å². The Morgan fingerprint density at radius 1 is 1.48 bits per heavy atom. The molecule has 0 radical (unpaired) electrons. The third-order valence-electron chi connectivity index (χ3n) is 3.59. The largest absolute Gasteiger partial charge is 0.481 e. The monoisotopic (exact) mass is 288 g/mol. The Balaban J connectivity index is 1.91. The molecule has 0 heterocycles. The fourth-order valence-electron chi connectivity index (χ4n) is 1.92. The van der Waals surface area contributed by atoms with Crippen molar-refractivity contribution in [2.75, 3.05) is 6.54 Å². The van der Waals surface area contributed by atoms with E-state index in [1.807, 2.05) is 6.07 Å². The predicted molar refractivity (Wildman–Crippen MR) is 73.6 cm³/mol. The zero-order valence-electron chi connectivity index (χ0n) is 11.6. The maximum atomic E-state index is 11.9. The average Bonchev–Trinajstić information content (AvgIpc) is 3.26. The van der Waals surface area contributed by atoms with Crippen molar-refractivity contribution in [2.24, 2.45) is 5.41 Å². The van der Waals surface area contributed by atoms with Crippen LogP contribution in [0.2, 0.25) is 0 Å². The summed E-state index contributed by atoms with van der Waals surface area (Å²) in [7, 11) is 0. The lowest BCUT2D eigenvalue weighted by atomic mass is 10.1. The van der Waals surface area contributed by atoms with Gasteiger partial charge in [0.2, 0.25) is 0 Å². The van der Waals surface area contributed by atoms with Gasteiger partial charge in [-0.2, -0.15) is 5.26 Å². The van der Waals surface area contributed by atoms with Crippen LogP contribution >= 0.6 is 0 Å². The van der Waals surface area contributed by atoms with E-state index in [0.717, 1.165) is 0 Å². The van der Waals surface area contributed by atoms with E-state index in [0.29, 0.717) is 24.2 Å². The van der Waals surface area contributed by atoms with Crippen LogP contribution in [0.5, 0.6) is 5.75 Å². The summed E-state index contributed by atoms with van der Waals surface area (Å²) in [4.78, 5) is 23.0. The van der Waals surface area contributed by atoms with Crippen LogP contribution in [0.15, 0.2) is 24.3 Å². The Labute approximate surface area is 122 Å². The molecule has 0 spiro atoms. The number of para-hydroxylation sites is 1. The third kappa shape index (κ3) is 3.31. The molecular formula is C15H16N2O4. The molecule has 110 valence electrons. The second-order valence-corrected chi connectivity index (χ2v) is 5.17. The van der Waals surface area contributed by atoms with Crippen molar-refractivity contribution in [3.63, 3.8) is 0 Å². The van der Waals surface area contributed by atoms with Gasteiger partial charge >= 0.3 is 5.97 Å². The highest BCUT2D eigenvalue weighted by Gasteiger charge is 2.50. The first kappa shape index (κ1) is 14.9. The number of hydrogen-bond acceptors (Lipinski definition) is 4. The molecule has 0 aromatic heterocycles. The van der Waals surface area contributed by atoms with Gasteiger partial charge in [-0.1, -0.05) is 12.1 Å². The number of nitriles is 1. The summed E-state index contributed by atoms with van der Waals surface area (Å²) in [5, 5.41) is 20.6. The van der Waals surface area contributed by atoms with Gasteiger partial charge in [0.25, 0.3) is 5.91 Å². The van der Waals surface area contributed by atoms with E-state index < -0.39 is 23.4 Å². The summed E-state index contributed by atoms with van der Waals surface area (Å²) in [5.41, 5.74) is -0.457. The van der Waals surface area contributed by atoms with Crippen LogP contribution in [0.4, 0.5) is 0 Å². The normalized spacial score (nSPS) is 16.4. The molecule has 1 amide bonds. The maximum absolute atomic E-state index is 11.9. The van der Waals surface area contributed by atoms with Gasteiger partial charge in [0, 0.05) is 6.54 Å². The Morgan fingerprint density at radius 3 is 2.71 bits per heavy atom. The fraction of sp³-hybridized carbons (Fsp3) is 0.400. The number of carboxylic acids is 1. The molecule has 1 aliphatic carbocycles. The summed E-state index contributed by atoms with van der Waals surface area (Å²) in [6.45, 7) is 1.67. The first-order valence-electron chi connectivity index (χ1n) is 6.65. The summed E-state index contributed by atoms with van der Waals surface area (Å²) in [5.74, 6) is -0.941.